The van der Waals surface area contributed by atoms with Crippen LogP contribution < -0.4 is 26.4 Å². The summed E-state index contributed by atoms with van der Waals surface area (Å²) in [4.78, 5) is 83.4. The highest BCUT2D eigenvalue weighted by atomic mass is 32.1. The van der Waals surface area contributed by atoms with Gasteiger partial charge in [-0.05, 0) is 111 Å². The van der Waals surface area contributed by atoms with Gasteiger partial charge in [0.2, 0.25) is 23.7 Å². The second-order valence-corrected chi connectivity index (χ2v) is 24.8. The second kappa shape index (κ2) is 23.7. The lowest BCUT2D eigenvalue weighted by molar-refractivity contribution is -0.144. The fourth-order valence-electron chi connectivity index (χ4n) is 11.9. The van der Waals surface area contributed by atoms with Crippen LogP contribution in [0.25, 0.3) is 27.3 Å². The van der Waals surface area contributed by atoms with E-state index in [1.54, 1.807) is 54.1 Å². The molecule has 424 valence electrons. The number of carbonyl (C=O) groups is 3. The van der Waals surface area contributed by atoms with Crippen LogP contribution in [0.5, 0.6) is 0 Å². The number of aryl methyl sites for hydroxylation is 1. The monoisotopic (exact) mass is 1110 g/mol. The molecule has 4 fully saturated rings. The minimum atomic E-state index is -1.18. The zero-order valence-electron chi connectivity index (χ0n) is 47.0. The average molecular weight is 1110 g/mol. The van der Waals surface area contributed by atoms with E-state index in [0.717, 1.165) is 91.7 Å². The molecular weight excluding hydrogens is 1030 g/mol. The van der Waals surface area contributed by atoms with Gasteiger partial charge in [-0.2, -0.15) is 4.98 Å². The summed E-state index contributed by atoms with van der Waals surface area (Å²) < 4.78 is 3.16. The van der Waals surface area contributed by atoms with Crippen molar-refractivity contribution in [3.05, 3.63) is 118 Å². The lowest BCUT2D eigenvalue weighted by Crippen LogP contribution is -2.59. The van der Waals surface area contributed by atoms with Crippen molar-refractivity contribution in [3.8, 4) is 16.3 Å². The van der Waals surface area contributed by atoms with E-state index < -0.39 is 29.2 Å². The summed E-state index contributed by atoms with van der Waals surface area (Å²) in [5.41, 5.74) is 5.56. The van der Waals surface area contributed by atoms with Gasteiger partial charge in [-0.3, -0.25) is 29.0 Å². The molecule has 3 aliphatic heterocycles. The number of β-amino-alcohol motifs (C(OH)–C–C–N with tert-alkyl or cyclic N) is 1. The maximum Gasteiger partial charge on any atom is 0.278 e. The predicted octanol–water partition coefficient (Wildman–Crippen LogP) is 6.38. The minimum absolute atomic E-state index is 0.0376. The fourth-order valence-corrected chi connectivity index (χ4v) is 12.7. The third-order valence-electron chi connectivity index (χ3n) is 16.4. The van der Waals surface area contributed by atoms with Gasteiger partial charge in [-0.15, -0.1) is 17.9 Å². The highest BCUT2D eigenvalue weighted by molar-refractivity contribution is 7.13. The van der Waals surface area contributed by atoms with Crippen molar-refractivity contribution in [2.24, 2.45) is 17.3 Å². The van der Waals surface area contributed by atoms with Gasteiger partial charge in [-0.1, -0.05) is 57.2 Å². The number of aliphatic hydroxyl groups excluding tert-OH is 1. The van der Waals surface area contributed by atoms with Gasteiger partial charge in [0.25, 0.3) is 5.56 Å². The molecular formula is C60H77N13O6S. The SMILES string of the molecule is C=CCn1c(=O)c2cnc(Nc3ccc(N4CCN(CC5CCC(N6CC(CC(=O)N[C@H](C(=O)N7C[C@H](O)C[C@H]7C(=O)NCc7ccc(-c8scnc8C)cc7)C(C)(C)C)C6)CC5)CC4)cc3)nc2n1-c1cccc(C(C)(C)O)n1. The summed E-state index contributed by atoms with van der Waals surface area (Å²) in [5, 5.41) is 31.1. The van der Waals surface area contributed by atoms with Crippen molar-refractivity contribution in [1.82, 2.24) is 54.6 Å². The zero-order chi connectivity index (χ0) is 56.5. The van der Waals surface area contributed by atoms with Crippen molar-refractivity contribution >= 4 is 57.4 Å². The molecule has 2 aromatic carbocycles. The number of fused-ring (bicyclic) bond motifs is 1. The van der Waals surface area contributed by atoms with Crippen molar-refractivity contribution < 1.29 is 24.6 Å². The first-order valence-corrected chi connectivity index (χ1v) is 29.1. The van der Waals surface area contributed by atoms with E-state index in [0.29, 0.717) is 46.9 Å². The van der Waals surface area contributed by atoms with Gasteiger partial charge in [0, 0.05) is 95.4 Å². The number of carbonyl (C=O) groups excluding carboxylic acids is 3. The quantitative estimate of drug-likeness (QED) is 0.0591. The Hall–Kier alpha value is -6.84. The van der Waals surface area contributed by atoms with Crippen LogP contribution in [0.4, 0.5) is 17.3 Å². The molecule has 1 saturated carbocycles. The van der Waals surface area contributed by atoms with Gasteiger partial charge >= 0.3 is 0 Å². The highest BCUT2D eigenvalue weighted by Gasteiger charge is 2.45. The van der Waals surface area contributed by atoms with Crippen LogP contribution in [0.3, 0.4) is 0 Å². The number of rotatable bonds is 18. The predicted molar refractivity (Wildman–Crippen MR) is 312 cm³/mol. The number of aliphatic hydroxyl groups is 2. The molecule has 3 atom stereocenters. The van der Waals surface area contributed by atoms with E-state index in [-0.39, 0.29) is 55.3 Å². The number of nitrogens with one attached hydrogen (secondary N) is 3. The Labute approximate surface area is 472 Å². The standard InChI is InChI=1S/C60H77N13O6S/c1-8-24-72-56(77)47-32-62-58(67-54(47)73(72)50-11-9-10-49(65-50)60(6,7)79)64-43-18-22-44(23-19-43)69-27-25-68(26-28-69)33-40-14-20-45(21-15-40)70-34-41(35-70)29-51(75)66-53(59(3,4)5)57(78)71-36-46(74)30-48(71)55(76)61-31-39-12-16-42(17-13-39)52-38(2)63-37-80-52/h8-13,16-19,22-23,32,37,40-41,45-46,48,53,74,79H,1,14-15,20-21,24-31,33-36H2,2-7H3,(H,61,76)(H,66,75)(H,62,64,67)/t40?,45?,46-,48+,53-/m1/s1. The molecule has 3 amide bonds. The Morgan fingerprint density at radius 2 is 1.61 bits per heavy atom. The van der Waals surface area contributed by atoms with E-state index in [9.17, 15) is 29.4 Å². The van der Waals surface area contributed by atoms with E-state index in [1.807, 2.05) is 69.6 Å². The summed E-state index contributed by atoms with van der Waals surface area (Å²) in [5.74, 6) is 0.849. The van der Waals surface area contributed by atoms with E-state index in [2.05, 4.69) is 64.3 Å². The number of pyridine rings is 1. The lowest BCUT2D eigenvalue weighted by atomic mass is 9.82. The topological polar surface area (TPSA) is 219 Å². The van der Waals surface area contributed by atoms with Crippen LogP contribution in [0.2, 0.25) is 0 Å². The summed E-state index contributed by atoms with van der Waals surface area (Å²) in [6.07, 6.45) is 7.54. The molecule has 4 aromatic heterocycles. The number of benzene rings is 2. The molecule has 80 heavy (non-hydrogen) atoms. The molecule has 7 heterocycles. The normalized spacial score (nSPS) is 20.9. The van der Waals surface area contributed by atoms with E-state index in [1.165, 1.54) is 28.6 Å². The van der Waals surface area contributed by atoms with Crippen molar-refractivity contribution in [1.29, 1.82) is 0 Å². The molecule has 1 aliphatic carbocycles. The number of amides is 3. The molecule has 20 heteroatoms. The average Bonchev–Trinajstić information content (AvgIpc) is 4.12. The molecule has 3 saturated heterocycles. The molecule has 0 bridgehead atoms. The summed E-state index contributed by atoms with van der Waals surface area (Å²) in [6.45, 7) is 22.2. The lowest BCUT2D eigenvalue weighted by Gasteiger charge is -2.47. The number of likely N-dealkylation sites (tertiary alicyclic amines) is 2. The summed E-state index contributed by atoms with van der Waals surface area (Å²) in [6, 6.07) is 20.4. The third kappa shape index (κ3) is 12.7. The first-order valence-electron chi connectivity index (χ1n) is 28.2. The molecule has 10 rings (SSSR count). The van der Waals surface area contributed by atoms with Gasteiger partial charge < -0.3 is 36.0 Å². The number of aromatic nitrogens is 6. The van der Waals surface area contributed by atoms with Crippen molar-refractivity contribution in [2.75, 3.05) is 62.6 Å². The summed E-state index contributed by atoms with van der Waals surface area (Å²) >= 11 is 1.59. The smallest absolute Gasteiger partial charge is 0.278 e. The Balaban J connectivity index is 0.646. The van der Waals surface area contributed by atoms with Crippen LogP contribution in [-0.4, -0.2) is 149 Å². The van der Waals surface area contributed by atoms with Gasteiger partial charge in [-0.25, -0.2) is 24.3 Å². The number of anilines is 3. The highest BCUT2D eigenvalue weighted by Crippen LogP contribution is 2.35. The van der Waals surface area contributed by atoms with Crippen LogP contribution in [-0.2, 0) is 33.1 Å². The van der Waals surface area contributed by atoms with Gasteiger partial charge in [0.05, 0.1) is 34.4 Å². The Kier molecular flexibility index (Phi) is 16.7. The van der Waals surface area contributed by atoms with Crippen LogP contribution >= 0.6 is 11.3 Å². The number of hydrogen-bond donors (Lipinski definition) is 5. The summed E-state index contributed by atoms with van der Waals surface area (Å²) in [7, 11) is 0. The van der Waals surface area contributed by atoms with Gasteiger partial charge in [0.1, 0.15) is 23.1 Å². The molecule has 0 radical (unpaired) electrons. The molecule has 0 spiro atoms. The molecule has 5 N–H and O–H groups in total. The van der Waals surface area contributed by atoms with Crippen LogP contribution in [0.1, 0.15) is 90.1 Å². The Morgan fingerprint density at radius 1 is 0.887 bits per heavy atom. The zero-order valence-corrected chi connectivity index (χ0v) is 47.8. The largest absolute Gasteiger partial charge is 0.391 e. The fraction of sp³-hybridized carbons (Fsp3) is 0.500. The molecule has 4 aliphatic rings. The Morgan fingerprint density at radius 3 is 2.27 bits per heavy atom. The molecule has 19 nitrogen and oxygen atoms in total. The number of hydrogen-bond acceptors (Lipinski definition) is 15. The van der Waals surface area contributed by atoms with Crippen molar-refractivity contribution in [3.63, 3.8) is 0 Å². The van der Waals surface area contributed by atoms with E-state index >= 15 is 0 Å². The molecule has 0 unspecified atom stereocenters. The number of nitrogens with zero attached hydrogens (tertiary/aromatic N) is 10. The van der Waals surface area contributed by atoms with E-state index in [4.69, 9.17) is 4.98 Å². The third-order valence-corrected chi connectivity index (χ3v) is 17.4. The molecule has 6 aromatic rings. The van der Waals surface area contributed by atoms with Crippen molar-refractivity contribution in [2.45, 2.75) is 123 Å². The van der Waals surface area contributed by atoms with Gasteiger partial charge in [0.15, 0.2) is 11.5 Å². The minimum Gasteiger partial charge on any atom is -0.391 e. The van der Waals surface area contributed by atoms with Crippen LogP contribution in [0, 0.1) is 24.2 Å². The first-order chi connectivity index (χ1) is 38.3. The Bertz CT molecular complexity index is 3230. The maximum absolute atomic E-state index is 14.2. The number of thiazole rings is 1. The second-order valence-electron chi connectivity index (χ2n) is 24.0. The van der Waals surface area contributed by atoms with Crippen LogP contribution in [0.15, 0.2) is 95.9 Å². The maximum atomic E-state index is 14.2. The first kappa shape index (κ1) is 56.4. The number of allylic oxidation sites excluding steroid dienone is 1. The number of piperazine rings is 1.